The number of hydrogen-bond acceptors (Lipinski definition) is 5. The van der Waals surface area contributed by atoms with Gasteiger partial charge in [0.15, 0.2) is 11.5 Å². The third-order valence-electron chi connectivity index (χ3n) is 4.32. The number of halogens is 2. The van der Waals surface area contributed by atoms with Crippen molar-refractivity contribution in [3.63, 3.8) is 0 Å². The zero-order chi connectivity index (χ0) is 15.6. The van der Waals surface area contributed by atoms with Gasteiger partial charge in [-0.15, -0.1) is 12.4 Å². The van der Waals surface area contributed by atoms with Crippen LogP contribution in [0.3, 0.4) is 0 Å². The highest BCUT2D eigenvalue weighted by Crippen LogP contribution is 2.40. The van der Waals surface area contributed by atoms with Gasteiger partial charge in [-0.1, -0.05) is 0 Å². The number of pyridine rings is 1. The highest BCUT2D eigenvalue weighted by molar-refractivity contribution is 9.10. The topological polar surface area (TPSA) is 46.6 Å². The first-order valence-corrected chi connectivity index (χ1v) is 8.53. The van der Waals surface area contributed by atoms with Gasteiger partial charge in [0.25, 0.3) is 0 Å². The first-order valence-electron chi connectivity index (χ1n) is 7.74. The molecule has 0 saturated carbocycles. The SMILES string of the molecule is Brc1cc(CN2CCNCC2c2ccncc2)cc2c1OCO2.Cl. The fraction of sp³-hybridized carbons (Fsp3) is 0.353. The summed E-state index contributed by atoms with van der Waals surface area (Å²) in [6.45, 7) is 4.15. The van der Waals surface area contributed by atoms with E-state index in [4.69, 9.17) is 9.47 Å². The second-order valence-corrected chi connectivity index (χ2v) is 6.64. The van der Waals surface area contributed by atoms with E-state index in [1.807, 2.05) is 12.4 Å². The van der Waals surface area contributed by atoms with E-state index in [1.165, 1.54) is 11.1 Å². The van der Waals surface area contributed by atoms with Crippen molar-refractivity contribution in [2.24, 2.45) is 0 Å². The maximum atomic E-state index is 5.53. The summed E-state index contributed by atoms with van der Waals surface area (Å²) in [5.41, 5.74) is 2.52. The third kappa shape index (κ3) is 3.52. The summed E-state index contributed by atoms with van der Waals surface area (Å²) in [4.78, 5) is 6.62. The van der Waals surface area contributed by atoms with Crippen LogP contribution in [0.1, 0.15) is 17.2 Å². The molecule has 0 aliphatic carbocycles. The summed E-state index contributed by atoms with van der Waals surface area (Å²) in [5, 5.41) is 3.49. The Morgan fingerprint density at radius 3 is 2.92 bits per heavy atom. The largest absolute Gasteiger partial charge is 0.454 e. The second-order valence-electron chi connectivity index (χ2n) is 5.78. The molecule has 24 heavy (non-hydrogen) atoms. The molecular formula is C17H19BrClN3O2. The van der Waals surface area contributed by atoms with Crippen LogP contribution in [0.5, 0.6) is 11.5 Å². The minimum Gasteiger partial charge on any atom is -0.454 e. The molecule has 1 atom stereocenters. The number of aromatic nitrogens is 1. The Morgan fingerprint density at radius 1 is 1.25 bits per heavy atom. The first kappa shape index (κ1) is 17.5. The number of benzene rings is 1. The van der Waals surface area contributed by atoms with E-state index in [0.717, 1.165) is 42.2 Å². The standard InChI is InChI=1S/C17H18BrN3O2.ClH/c18-14-7-12(8-16-17(14)23-11-22-16)10-21-6-5-20-9-15(21)13-1-3-19-4-2-13;/h1-4,7-8,15,20H,5-6,9-11H2;1H. The van der Waals surface area contributed by atoms with Gasteiger partial charge in [0.1, 0.15) is 0 Å². The average molecular weight is 413 g/mol. The van der Waals surface area contributed by atoms with Crippen molar-refractivity contribution >= 4 is 28.3 Å². The molecule has 1 unspecified atom stereocenters. The molecule has 1 fully saturated rings. The van der Waals surface area contributed by atoms with Crippen LogP contribution >= 0.6 is 28.3 Å². The Morgan fingerprint density at radius 2 is 2.08 bits per heavy atom. The first-order chi connectivity index (χ1) is 11.3. The second kappa shape index (κ2) is 7.70. The van der Waals surface area contributed by atoms with E-state index in [0.29, 0.717) is 12.8 Å². The molecule has 0 amide bonds. The predicted octanol–water partition coefficient (Wildman–Crippen LogP) is 3.14. The lowest BCUT2D eigenvalue weighted by Gasteiger charge is -2.36. The molecule has 3 heterocycles. The normalized spacial score (nSPS) is 19.8. The van der Waals surface area contributed by atoms with Gasteiger partial charge >= 0.3 is 0 Å². The van der Waals surface area contributed by atoms with Gasteiger partial charge in [-0.25, -0.2) is 0 Å². The summed E-state index contributed by atoms with van der Waals surface area (Å²) < 4.78 is 12.0. The lowest BCUT2D eigenvalue weighted by molar-refractivity contribution is 0.153. The van der Waals surface area contributed by atoms with E-state index in [-0.39, 0.29) is 12.4 Å². The van der Waals surface area contributed by atoms with Crippen LogP contribution in [0.4, 0.5) is 0 Å². The fourth-order valence-corrected chi connectivity index (χ4v) is 3.80. The van der Waals surface area contributed by atoms with Crippen molar-refractivity contribution < 1.29 is 9.47 Å². The smallest absolute Gasteiger partial charge is 0.231 e. The van der Waals surface area contributed by atoms with Gasteiger partial charge in [-0.3, -0.25) is 9.88 Å². The number of hydrogen-bond donors (Lipinski definition) is 1. The zero-order valence-corrected chi connectivity index (χ0v) is 15.5. The lowest BCUT2D eigenvalue weighted by Crippen LogP contribution is -2.45. The van der Waals surface area contributed by atoms with Crippen LogP contribution in [0, 0.1) is 0 Å². The van der Waals surface area contributed by atoms with Crippen LogP contribution in [0.25, 0.3) is 0 Å². The molecule has 4 rings (SSSR count). The predicted molar refractivity (Wildman–Crippen MR) is 97.8 cm³/mol. The highest BCUT2D eigenvalue weighted by Gasteiger charge is 2.25. The van der Waals surface area contributed by atoms with Crippen molar-refractivity contribution in [1.82, 2.24) is 15.2 Å². The minimum atomic E-state index is 0. The maximum Gasteiger partial charge on any atom is 0.231 e. The summed E-state index contributed by atoms with van der Waals surface area (Å²) in [7, 11) is 0. The van der Waals surface area contributed by atoms with E-state index < -0.39 is 0 Å². The van der Waals surface area contributed by atoms with E-state index in [1.54, 1.807) is 0 Å². The monoisotopic (exact) mass is 411 g/mol. The van der Waals surface area contributed by atoms with Crippen LogP contribution in [0.2, 0.25) is 0 Å². The number of piperazine rings is 1. The summed E-state index contributed by atoms with van der Waals surface area (Å²) in [6, 6.07) is 8.76. The Balaban J connectivity index is 0.00000169. The summed E-state index contributed by atoms with van der Waals surface area (Å²) in [6.07, 6.45) is 3.72. The molecule has 1 N–H and O–H groups in total. The van der Waals surface area contributed by atoms with Crippen molar-refractivity contribution in [1.29, 1.82) is 0 Å². The summed E-state index contributed by atoms with van der Waals surface area (Å²) in [5.74, 6) is 1.63. The zero-order valence-electron chi connectivity index (χ0n) is 13.1. The number of fused-ring (bicyclic) bond motifs is 1. The van der Waals surface area contributed by atoms with Gasteiger partial charge in [-0.2, -0.15) is 0 Å². The molecule has 1 saturated heterocycles. The van der Waals surface area contributed by atoms with E-state index in [2.05, 4.69) is 55.4 Å². The van der Waals surface area contributed by atoms with Crippen molar-refractivity contribution in [3.05, 3.63) is 52.3 Å². The maximum absolute atomic E-state index is 5.53. The van der Waals surface area contributed by atoms with Crippen molar-refractivity contribution in [3.8, 4) is 11.5 Å². The van der Waals surface area contributed by atoms with Gasteiger partial charge in [0, 0.05) is 44.6 Å². The lowest BCUT2D eigenvalue weighted by atomic mass is 10.0. The van der Waals surface area contributed by atoms with Crippen LogP contribution in [-0.4, -0.2) is 36.3 Å². The van der Waals surface area contributed by atoms with Crippen LogP contribution < -0.4 is 14.8 Å². The molecule has 0 spiro atoms. The van der Waals surface area contributed by atoms with Crippen LogP contribution in [-0.2, 0) is 6.54 Å². The Kier molecular flexibility index (Phi) is 5.61. The molecule has 2 aliphatic heterocycles. The molecule has 2 aliphatic rings. The van der Waals surface area contributed by atoms with Gasteiger partial charge in [-0.05, 0) is 51.3 Å². The number of rotatable bonds is 3. The highest BCUT2D eigenvalue weighted by atomic mass is 79.9. The van der Waals surface area contributed by atoms with Gasteiger partial charge < -0.3 is 14.8 Å². The molecule has 7 heteroatoms. The molecule has 1 aromatic carbocycles. The van der Waals surface area contributed by atoms with Crippen molar-refractivity contribution in [2.45, 2.75) is 12.6 Å². The Bertz CT molecular complexity index is 702. The van der Waals surface area contributed by atoms with Crippen LogP contribution in [0.15, 0.2) is 41.1 Å². The molecule has 0 radical (unpaired) electrons. The van der Waals surface area contributed by atoms with Crippen molar-refractivity contribution in [2.75, 3.05) is 26.4 Å². The Labute approximate surface area is 155 Å². The number of ether oxygens (including phenoxy) is 2. The quantitative estimate of drug-likeness (QED) is 0.839. The Hall–Kier alpha value is -1.34. The number of nitrogens with one attached hydrogen (secondary N) is 1. The van der Waals surface area contributed by atoms with E-state index in [9.17, 15) is 0 Å². The molecular weight excluding hydrogens is 394 g/mol. The molecule has 0 bridgehead atoms. The van der Waals surface area contributed by atoms with Gasteiger partial charge in [0.2, 0.25) is 6.79 Å². The molecule has 2 aromatic rings. The van der Waals surface area contributed by atoms with E-state index >= 15 is 0 Å². The summed E-state index contributed by atoms with van der Waals surface area (Å²) >= 11 is 3.58. The molecule has 5 nitrogen and oxygen atoms in total. The number of nitrogens with zero attached hydrogens (tertiary/aromatic N) is 2. The van der Waals surface area contributed by atoms with Gasteiger partial charge in [0.05, 0.1) is 4.47 Å². The minimum absolute atomic E-state index is 0. The average Bonchev–Trinajstić information content (AvgIpc) is 3.05. The fourth-order valence-electron chi connectivity index (χ4n) is 3.20. The third-order valence-corrected chi connectivity index (χ3v) is 4.91. The molecule has 128 valence electrons. The molecule has 1 aromatic heterocycles.